The lowest BCUT2D eigenvalue weighted by molar-refractivity contribution is 0.0946. The van der Waals surface area contributed by atoms with Crippen LogP contribution in [0.15, 0.2) is 18.2 Å². The second kappa shape index (κ2) is 6.62. The van der Waals surface area contributed by atoms with Gasteiger partial charge in [-0.2, -0.15) is 0 Å². The number of methoxy groups -OCH3 is 1. The van der Waals surface area contributed by atoms with Gasteiger partial charge in [-0.15, -0.1) is 0 Å². The van der Waals surface area contributed by atoms with Crippen LogP contribution in [0, 0.1) is 0 Å². The topological polar surface area (TPSA) is 29.5 Å². The van der Waals surface area contributed by atoms with Crippen molar-refractivity contribution in [3.8, 4) is 5.75 Å². The Bertz CT molecular complexity index is 393. The van der Waals surface area contributed by atoms with Crippen LogP contribution in [0.5, 0.6) is 5.75 Å². The van der Waals surface area contributed by atoms with E-state index in [4.69, 9.17) is 16.3 Å². The van der Waals surface area contributed by atoms with E-state index >= 15 is 0 Å². The average molecular weight is 256 g/mol. The number of likely N-dealkylation sites (N-methyl/N-ethyl adjacent to an activating group) is 1. The molecule has 0 atom stereocenters. The molecule has 0 saturated carbocycles. The van der Waals surface area contributed by atoms with Crippen molar-refractivity contribution < 1.29 is 9.53 Å². The van der Waals surface area contributed by atoms with Crippen LogP contribution in [0.4, 0.5) is 0 Å². The molecule has 0 fully saturated rings. The Kier molecular flexibility index (Phi) is 5.45. The summed E-state index contributed by atoms with van der Waals surface area (Å²) in [6.07, 6.45) is 1.03. The normalized spacial score (nSPS) is 10.6. The molecule has 0 aliphatic heterocycles. The van der Waals surface area contributed by atoms with Gasteiger partial charge in [0.15, 0.2) is 5.78 Å². The summed E-state index contributed by atoms with van der Waals surface area (Å²) >= 11 is 5.98. The summed E-state index contributed by atoms with van der Waals surface area (Å²) in [4.78, 5) is 13.9. The van der Waals surface area contributed by atoms with Crippen LogP contribution in [0.1, 0.15) is 23.7 Å². The van der Waals surface area contributed by atoms with Gasteiger partial charge in [0.2, 0.25) is 0 Å². The van der Waals surface area contributed by atoms with Gasteiger partial charge in [-0.3, -0.25) is 9.69 Å². The minimum atomic E-state index is 0.0745. The first-order valence-electron chi connectivity index (χ1n) is 5.63. The number of hydrogen-bond donors (Lipinski definition) is 0. The fourth-order valence-electron chi connectivity index (χ4n) is 1.64. The van der Waals surface area contributed by atoms with Gasteiger partial charge in [0.05, 0.1) is 18.7 Å². The van der Waals surface area contributed by atoms with Crippen molar-refractivity contribution in [1.82, 2.24) is 4.90 Å². The number of carbonyl (C=O) groups excluding carboxylic acids is 1. The molecular formula is C13H18ClNO2. The van der Waals surface area contributed by atoms with Gasteiger partial charge in [-0.05, 0) is 38.2 Å². The van der Waals surface area contributed by atoms with Crippen molar-refractivity contribution in [2.45, 2.75) is 13.3 Å². The molecule has 0 saturated heterocycles. The monoisotopic (exact) mass is 255 g/mol. The number of hydrogen-bond acceptors (Lipinski definition) is 3. The molecule has 94 valence electrons. The lowest BCUT2D eigenvalue weighted by Gasteiger charge is -2.14. The number of Topliss-reactive ketones (excluding diaryl/α,β-unsaturated/α-hetero) is 1. The molecule has 0 heterocycles. The van der Waals surface area contributed by atoms with E-state index in [0.29, 0.717) is 22.9 Å². The Balaban J connectivity index is 2.72. The van der Waals surface area contributed by atoms with Crippen molar-refractivity contribution in [3.05, 3.63) is 28.8 Å². The summed E-state index contributed by atoms with van der Waals surface area (Å²) in [6.45, 7) is 3.41. The van der Waals surface area contributed by atoms with Crippen LogP contribution < -0.4 is 4.74 Å². The minimum Gasteiger partial charge on any atom is -0.495 e. The molecule has 0 unspecified atom stereocenters. The Hall–Kier alpha value is -1.06. The summed E-state index contributed by atoms with van der Waals surface area (Å²) < 4.78 is 5.05. The molecule has 17 heavy (non-hydrogen) atoms. The van der Waals surface area contributed by atoms with E-state index in [-0.39, 0.29) is 5.78 Å². The van der Waals surface area contributed by atoms with Crippen LogP contribution in [0.25, 0.3) is 0 Å². The van der Waals surface area contributed by atoms with E-state index in [1.54, 1.807) is 25.3 Å². The lowest BCUT2D eigenvalue weighted by atomic mass is 10.1. The lowest BCUT2D eigenvalue weighted by Crippen LogP contribution is -2.26. The van der Waals surface area contributed by atoms with E-state index in [1.165, 1.54) is 0 Å². The molecule has 0 amide bonds. The van der Waals surface area contributed by atoms with E-state index in [9.17, 15) is 4.79 Å². The molecule has 0 spiro atoms. The van der Waals surface area contributed by atoms with Crippen LogP contribution in [-0.4, -0.2) is 37.9 Å². The molecule has 0 aromatic heterocycles. The van der Waals surface area contributed by atoms with Crippen LogP contribution in [-0.2, 0) is 0 Å². The predicted octanol–water partition coefficient (Wildman–Crippen LogP) is 2.87. The Morgan fingerprint density at radius 3 is 2.71 bits per heavy atom. The van der Waals surface area contributed by atoms with E-state index < -0.39 is 0 Å². The molecule has 1 aromatic carbocycles. The minimum absolute atomic E-state index is 0.0745. The number of nitrogens with zero attached hydrogens (tertiary/aromatic N) is 1. The zero-order chi connectivity index (χ0) is 12.8. The van der Waals surface area contributed by atoms with Crippen LogP contribution in [0.3, 0.4) is 0 Å². The smallest absolute Gasteiger partial charge is 0.176 e. The van der Waals surface area contributed by atoms with Gasteiger partial charge in [-0.25, -0.2) is 0 Å². The highest BCUT2D eigenvalue weighted by Crippen LogP contribution is 2.25. The first kappa shape index (κ1) is 14.0. The second-order valence-electron chi connectivity index (χ2n) is 4.01. The molecule has 1 aromatic rings. The van der Waals surface area contributed by atoms with Crippen molar-refractivity contribution in [1.29, 1.82) is 0 Å². The maximum atomic E-state index is 11.9. The number of rotatable bonds is 6. The third kappa shape index (κ3) is 4.02. The highest BCUT2D eigenvalue weighted by atomic mass is 35.5. The van der Waals surface area contributed by atoms with Gasteiger partial charge in [0.1, 0.15) is 5.75 Å². The number of benzene rings is 1. The molecule has 0 aliphatic rings. The fourth-order valence-corrected chi connectivity index (χ4v) is 1.89. The summed E-state index contributed by atoms with van der Waals surface area (Å²) in [6, 6.07) is 5.12. The SMILES string of the molecule is CCCN(C)CC(=O)c1ccc(OC)c(Cl)c1. The molecule has 0 N–H and O–H groups in total. The van der Waals surface area contributed by atoms with Gasteiger partial charge in [0, 0.05) is 5.56 Å². The Morgan fingerprint density at radius 1 is 1.47 bits per heavy atom. The maximum absolute atomic E-state index is 11.9. The highest BCUT2D eigenvalue weighted by Gasteiger charge is 2.11. The molecule has 0 bridgehead atoms. The summed E-state index contributed by atoms with van der Waals surface area (Å²) in [7, 11) is 3.49. The largest absolute Gasteiger partial charge is 0.495 e. The average Bonchev–Trinajstić information content (AvgIpc) is 2.29. The van der Waals surface area contributed by atoms with Gasteiger partial charge < -0.3 is 4.74 Å². The number of carbonyl (C=O) groups is 1. The summed E-state index contributed by atoms with van der Waals surface area (Å²) in [5.41, 5.74) is 0.624. The highest BCUT2D eigenvalue weighted by molar-refractivity contribution is 6.32. The van der Waals surface area contributed by atoms with Crippen molar-refractivity contribution in [2.24, 2.45) is 0 Å². The van der Waals surface area contributed by atoms with E-state index in [2.05, 4.69) is 6.92 Å². The van der Waals surface area contributed by atoms with Gasteiger partial charge >= 0.3 is 0 Å². The molecular weight excluding hydrogens is 238 g/mol. The maximum Gasteiger partial charge on any atom is 0.176 e. The first-order valence-corrected chi connectivity index (χ1v) is 6.01. The third-order valence-corrected chi connectivity index (χ3v) is 2.79. The summed E-state index contributed by atoms with van der Waals surface area (Å²) in [5.74, 6) is 0.663. The Morgan fingerprint density at radius 2 is 2.18 bits per heavy atom. The zero-order valence-electron chi connectivity index (χ0n) is 10.5. The van der Waals surface area contributed by atoms with Crippen molar-refractivity contribution in [3.63, 3.8) is 0 Å². The second-order valence-corrected chi connectivity index (χ2v) is 4.42. The van der Waals surface area contributed by atoms with Crippen molar-refractivity contribution in [2.75, 3.05) is 27.2 Å². The molecule has 1 rings (SSSR count). The quantitative estimate of drug-likeness (QED) is 0.732. The van der Waals surface area contributed by atoms with Gasteiger partial charge in [-0.1, -0.05) is 18.5 Å². The third-order valence-electron chi connectivity index (χ3n) is 2.49. The predicted molar refractivity (Wildman–Crippen MR) is 70.1 cm³/mol. The first-order chi connectivity index (χ1) is 8.08. The molecule has 4 heteroatoms. The van der Waals surface area contributed by atoms with E-state index in [0.717, 1.165) is 13.0 Å². The van der Waals surface area contributed by atoms with E-state index in [1.807, 2.05) is 11.9 Å². The number of ether oxygens (including phenoxy) is 1. The molecule has 3 nitrogen and oxygen atoms in total. The standard InChI is InChI=1S/C13H18ClNO2/c1-4-7-15(2)9-12(16)10-5-6-13(17-3)11(14)8-10/h5-6,8H,4,7,9H2,1-3H3. The fraction of sp³-hybridized carbons (Fsp3) is 0.462. The molecule has 0 aliphatic carbocycles. The number of halogens is 1. The van der Waals surface area contributed by atoms with Gasteiger partial charge in [0.25, 0.3) is 0 Å². The molecule has 0 radical (unpaired) electrons. The van der Waals surface area contributed by atoms with Crippen molar-refractivity contribution >= 4 is 17.4 Å². The summed E-state index contributed by atoms with van der Waals surface area (Å²) in [5, 5.41) is 0.469. The Labute approximate surface area is 107 Å². The van der Waals surface area contributed by atoms with Crippen LogP contribution in [0.2, 0.25) is 5.02 Å². The number of ketones is 1. The zero-order valence-corrected chi connectivity index (χ0v) is 11.3. The van der Waals surface area contributed by atoms with Crippen LogP contribution >= 0.6 is 11.6 Å².